The predicted molar refractivity (Wildman–Crippen MR) is 98.3 cm³/mol. The van der Waals surface area contributed by atoms with E-state index in [1.165, 1.54) is 29.9 Å². The number of halogens is 1. The van der Waals surface area contributed by atoms with Gasteiger partial charge in [-0.25, -0.2) is 9.37 Å². The molecule has 7 heteroatoms. The average Bonchev–Trinajstić information content (AvgIpc) is 3.08. The largest absolute Gasteiger partial charge is 0.491 e. The molecule has 0 saturated carbocycles. The summed E-state index contributed by atoms with van der Waals surface area (Å²) in [4.78, 5) is 18.9. The molecule has 2 aromatic rings. The summed E-state index contributed by atoms with van der Waals surface area (Å²) in [6, 6.07) is 4.41. The molecule has 1 amide bonds. The molecule has 0 unspecified atom stereocenters. The smallest absolute Gasteiger partial charge is 0.275 e. The zero-order valence-electron chi connectivity index (χ0n) is 14.4. The number of benzene rings is 1. The van der Waals surface area contributed by atoms with Crippen LogP contribution in [0.1, 0.15) is 43.6 Å². The van der Waals surface area contributed by atoms with Crippen molar-refractivity contribution in [2.45, 2.75) is 39.2 Å². The highest BCUT2D eigenvalue weighted by Crippen LogP contribution is 2.26. The number of thiazole rings is 1. The molecular formula is C18H22FN3O2S. The van der Waals surface area contributed by atoms with E-state index in [-0.39, 0.29) is 11.8 Å². The summed E-state index contributed by atoms with van der Waals surface area (Å²) >= 11 is 1.45. The molecule has 1 fully saturated rings. The standard InChI is InChI=1S/C18H22FN3O2S/c1-12(2)24-13-6-7-15(14(19)10-13)20-17(23)16-11-25-18(21-16)22-8-4-3-5-9-22/h6-7,10-12H,3-5,8-9H2,1-2H3,(H,20,23). The Morgan fingerprint density at radius 1 is 1.32 bits per heavy atom. The first-order chi connectivity index (χ1) is 12.0. The van der Waals surface area contributed by atoms with Crippen molar-refractivity contribution in [3.05, 3.63) is 35.1 Å². The van der Waals surface area contributed by atoms with Crippen LogP contribution >= 0.6 is 11.3 Å². The minimum Gasteiger partial charge on any atom is -0.491 e. The average molecular weight is 363 g/mol. The van der Waals surface area contributed by atoms with Gasteiger partial charge in [-0.2, -0.15) is 0 Å². The number of amides is 1. The van der Waals surface area contributed by atoms with Gasteiger partial charge in [0.15, 0.2) is 5.13 Å². The molecule has 1 aromatic heterocycles. The van der Waals surface area contributed by atoms with Gasteiger partial charge in [0.2, 0.25) is 0 Å². The van der Waals surface area contributed by atoms with Gasteiger partial charge in [0.25, 0.3) is 5.91 Å². The third-order valence-electron chi connectivity index (χ3n) is 3.91. The lowest BCUT2D eigenvalue weighted by molar-refractivity contribution is 0.102. The highest BCUT2D eigenvalue weighted by atomic mass is 32.1. The highest BCUT2D eigenvalue weighted by molar-refractivity contribution is 7.14. The summed E-state index contributed by atoms with van der Waals surface area (Å²) in [6.07, 6.45) is 3.50. The van der Waals surface area contributed by atoms with E-state index in [4.69, 9.17) is 4.74 Å². The number of rotatable bonds is 5. The molecule has 1 aliphatic rings. The summed E-state index contributed by atoms with van der Waals surface area (Å²) in [5, 5.41) is 5.15. The summed E-state index contributed by atoms with van der Waals surface area (Å²) in [7, 11) is 0. The number of carbonyl (C=O) groups excluding carboxylic acids is 1. The molecule has 0 radical (unpaired) electrons. The number of hydrogen-bond acceptors (Lipinski definition) is 5. The maximum atomic E-state index is 14.2. The topological polar surface area (TPSA) is 54.5 Å². The number of nitrogens with zero attached hydrogens (tertiary/aromatic N) is 2. The Balaban J connectivity index is 1.67. The van der Waals surface area contributed by atoms with Crippen LogP contribution in [0.15, 0.2) is 23.6 Å². The molecule has 1 aromatic carbocycles. The zero-order chi connectivity index (χ0) is 17.8. The van der Waals surface area contributed by atoms with Crippen LogP contribution in [-0.2, 0) is 0 Å². The Morgan fingerprint density at radius 2 is 2.08 bits per heavy atom. The fourth-order valence-corrected chi connectivity index (χ4v) is 3.59. The van der Waals surface area contributed by atoms with Crippen molar-refractivity contribution >= 4 is 28.1 Å². The van der Waals surface area contributed by atoms with E-state index in [1.807, 2.05) is 13.8 Å². The molecule has 1 aliphatic heterocycles. The fraction of sp³-hybridized carbons (Fsp3) is 0.444. The maximum absolute atomic E-state index is 14.2. The SMILES string of the molecule is CC(C)Oc1ccc(NC(=O)c2csc(N3CCCCC3)n2)c(F)c1. The van der Waals surface area contributed by atoms with Crippen LogP contribution in [0.4, 0.5) is 15.2 Å². The molecule has 1 saturated heterocycles. The first kappa shape index (κ1) is 17.7. The number of ether oxygens (including phenoxy) is 1. The Labute approximate surface area is 150 Å². The van der Waals surface area contributed by atoms with Crippen LogP contribution in [0.3, 0.4) is 0 Å². The predicted octanol–water partition coefficient (Wildman–Crippen LogP) is 4.31. The van der Waals surface area contributed by atoms with E-state index in [2.05, 4.69) is 15.2 Å². The van der Waals surface area contributed by atoms with E-state index in [0.29, 0.717) is 11.4 Å². The number of carbonyl (C=O) groups is 1. The molecule has 0 bridgehead atoms. The second kappa shape index (κ2) is 7.82. The third kappa shape index (κ3) is 4.48. The monoisotopic (exact) mass is 363 g/mol. The molecule has 134 valence electrons. The Kier molecular flexibility index (Phi) is 5.53. The van der Waals surface area contributed by atoms with Crippen LogP contribution in [0.25, 0.3) is 0 Å². The summed E-state index contributed by atoms with van der Waals surface area (Å²) in [5.74, 6) is -0.500. The summed E-state index contributed by atoms with van der Waals surface area (Å²) in [5.41, 5.74) is 0.432. The van der Waals surface area contributed by atoms with Crippen molar-refractivity contribution in [1.29, 1.82) is 0 Å². The van der Waals surface area contributed by atoms with Crippen LogP contribution in [0.5, 0.6) is 5.75 Å². The number of aromatic nitrogens is 1. The van der Waals surface area contributed by atoms with Crippen LogP contribution in [-0.4, -0.2) is 30.1 Å². The van der Waals surface area contributed by atoms with Crippen LogP contribution in [0, 0.1) is 5.82 Å². The number of piperidine rings is 1. The lowest BCUT2D eigenvalue weighted by Crippen LogP contribution is -2.29. The van der Waals surface area contributed by atoms with Crippen LogP contribution < -0.4 is 15.0 Å². The minimum absolute atomic E-state index is 0.0388. The van der Waals surface area contributed by atoms with Gasteiger partial charge in [-0.1, -0.05) is 0 Å². The molecule has 3 rings (SSSR count). The molecular weight excluding hydrogens is 341 g/mol. The quantitative estimate of drug-likeness (QED) is 0.860. The van der Waals surface area contributed by atoms with Crippen LogP contribution in [0.2, 0.25) is 0 Å². The molecule has 5 nitrogen and oxygen atoms in total. The van der Waals surface area contributed by atoms with Crippen molar-refractivity contribution in [2.24, 2.45) is 0 Å². The van der Waals surface area contributed by atoms with Gasteiger partial charge in [0.1, 0.15) is 17.3 Å². The van der Waals surface area contributed by atoms with Gasteiger partial charge in [0.05, 0.1) is 11.8 Å². The second-order valence-corrected chi connectivity index (χ2v) is 7.16. The minimum atomic E-state index is -0.530. The Hall–Kier alpha value is -2.15. The molecule has 25 heavy (non-hydrogen) atoms. The van der Waals surface area contributed by atoms with Gasteiger partial charge in [0, 0.05) is 24.5 Å². The van der Waals surface area contributed by atoms with Gasteiger partial charge >= 0.3 is 0 Å². The fourth-order valence-electron chi connectivity index (χ4n) is 2.73. The summed E-state index contributed by atoms with van der Waals surface area (Å²) < 4.78 is 19.6. The first-order valence-corrected chi connectivity index (χ1v) is 9.39. The van der Waals surface area contributed by atoms with E-state index < -0.39 is 11.7 Å². The van der Waals surface area contributed by atoms with Gasteiger partial charge in [-0.05, 0) is 45.2 Å². The van der Waals surface area contributed by atoms with E-state index >= 15 is 0 Å². The van der Waals surface area contributed by atoms with Gasteiger partial charge in [-0.3, -0.25) is 4.79 Å². The maximum Gasteiger partial charge on any atom is 0.275 e. The second-order valence-electron chi connectivity index (χ2n) is 6.33. The number of nitrogens with one attached hydrogen (secondary N) is 1. The van der Waals surface area contributed by atoms with E-state index in [1.54, 1.807) is 11.4 Å². The van der Waals surface area contributed by atoms with Crippen molar-refractivity contribution in [3.8, 4) is 5.75 Å². The Bertz CT molecular complexity index is 742. The molecule has 1 N–H and O–H groups in total. The van der Waals surface area contributed by atoms with E-state index in [0.717, 1.165) is 31.1 Å². The van der Waals surface area contributed by atoms with Gasteiger partial charge < -0.3 is 15.0 Å². The molecule has 0 spiro atoms. The lowest BCUT2D eigenvalue weighted by Gasteiger charge is -2.25. The third-order valence-corrected chi connectivity index (χ3v) is 4.81. The molecule has 0 aliphatic carbocycles. The number of anilines is 2. The van der Waals surface area contributed by atoms with Crippen molar-refractivity contribution < 1.29 is 13.9 Å². The molecule has 2 heterocycles. The summed E-state index contributed by atoms with van der Waals surface area (Å²) in [6.45, 7) is 5.69. The lowest BCUT2D eigenvalue weighted by atomic mass is 10.1. The first-order valence-electron chi connectivity index (χ1n) is 8.51. The number of hydrogen-bond donors (Lipinski definition) is 1. The normalized spacial score (nSPS) is 14.6. The van der Waals surface area contributed by atoms with Gasteiger partial charge in [-0.15, -0.1) is 11.3 Å². The zero-order valence-corrected chi connectivity index (χ0v) is 15.2. The van der Waals surface area contributed by atoms with Crippen molar-refractivity contribution in [2.75, 3.05) is 23.3 Å². The van der Waals surface area contributed by atoms with Crippen molar-refractivity contribution in [3.63, 3.8) is 0 Å². The van der Waals surface area contributed by atoms with E-state index in [9.17, 15) is 9.18 Å². The highest BCUT2D eigenvalue weighted by Gasteiger charge is 2.18. The Morgan fingerprint density at radius 3 is 2.76 bits per heavy atom. The molecule has 0 atom stereocenters. The van der Waals surface area contributed by atoms with Crippen molar-refractivity contribution in [1.82, 2.24) is 4.98 Å².